The molecule has 1 fully saturated rings. The first kappa shape index (κ1) is 12.4. The number of thiazole rings is 1. The van der Waals surface area contributed by atoms with Crippen molar-refractivity contribution < 1.29 is 0 Å². The number of aromatic nitrogens is 1. The molecule has 0 radical (unpaired) electrons. The molecule has 1 aliphatic rings. The molecule has 0 saturated carbocycles. The lowest BCUT2D eigenvalue weighted by molar-refractivity contribution is 0.504. The molecule has 16 heavy (non-hydrogen) atoms. The maximum atomic E-state index is 4.25. The van der Waals surface area contributed by atoms with Crippen molar-refractivity contribution >= 4 is 23.1 Å². The topological polar surface area (TPSA) is 37.0 Å². The van der Waals surface area contributed by atoms with Crippen LogP contribution in [0, 0.1) is 6.92 Å². The number of thioether (sulfide) groups is 1. The molecule has 1 unspecified atom stereocenters. The van der Waals surface area contributed by atoms with Gasteiger partial charge in [-0.2, -0.15) is 11.8 Å². The Bertz CT molecular complexity index is 308. The van der Waals surface area contributed by atoms with Crippen molar-refractivity contribution in [3.8, 4) is 0 Å². The molecule has 2 N–H and O–H groups in total. The Morgan fingerprint density at radius 2 is 2.56 bits per heavy atom. The Morgan fingerprint density at radius 3 is 3.25 bits per heavy atom. The van der Waals surface area contributed by atoms with Crippen LogP contribution >= 0.6 is 23.1 Å². The summed E-state index contributed by atoms with van der Waals surface area (Å²) in [5.74, 6) is 2.53. The monoisotopic (exact) mass is 257 g/mol. The molecule has 1 atom stereocenters. The first-order chi connectivity index (χ1) is 7.84. The van der Waals surface area contributed by atoms with Gasteiger partial charge in [-0.3, -0.25) is 0 Å². The predicted octanol–water partition coefficient (Wildman–Crippen LogP) is 1.64. The van der Waals surface area contributed by atoms with Gasteiger partial charge in [-0.1, -0.05) is 0 Å². The fourth-order valence-electron chi connectivity index (χ4n) is 1.78. The Balaban J connectivity index is 1.57. The molecule has 5 heteroatoms. The van der Waals surface area contributed by atoms with Crippen molar-refractivity contribution in [2.75, 3.05) is 24.6 Å². The SMILES string of the molecule is Cc1ncc(CNCCC2CSCCN2)s1. The van der Waals surface area contributed by atoms with Gasteiger partial charge in [-0.15, -0.1) is 11.3 Å². The van der Waals surface area contributed by atoms with Gasteiger partial charge >= 0.3 is 0 Å². The van der Waals surface area contributed by atoms with Crippen LogP contribution in [0.15, 0.2) is 6.20 Å². The fourth-order valence-corrected chi connectivity index (χ4v) is 3.54. The minimum atomic E-state index is 0.703. The largest absolute Gasteiger partial charge is 0.312 e. The number of rotatable bonds is 5. The predicted molar refractivity (Wildman–Crippen MR) is 72.3 cm³/mol. The van der Waals surface area contributed by atoms with Crippen LogP contribution < -0.4 is 10.6 Å². The quantitative estimate of drug-likeness (QED) is 0.786. The van der Waals surface area contributed by atoms with E-state index < -0.39 is 0 Å². The van der Waals surface area contributed by atoms with Crippen LogP contribution in [0.25, 0.3) is 0 Å². The third kappa shape index (κ3) is 4.05. The molecule has 1 aromatic heterocycles. The Labute approximate surface area is 105 Å². The summed E-state index contributed by atoms with van der Waals surface area (Å²) in [6.45, 7) is 5.28. The molecule has 1 saturated heterocycles. The van der Waals surface area contributed by atoms with Crippen molar-refractivity contribution in [1.29, 1.82) is 0 Å². The summed E-state index contributed by atoms with van der Waals surface area (Å²) in [5, 5.41) is 8.19. The normalized spacial score (nSPS) is 21.2. The minimum absolute atomic E-state index is 0.703. The lowest BCUT2D eigenvalue weighted by atomic mass is 10.2. The molecule has 0 spiro atoms. The second-order valence-corrected chi connectivity index (χ2v) is 6.51. The van der Waals surface area contributed by atoms with Gasteiger partial charge in [0.25, 0.3) is 0 Å². The number of hydrogen-bond acceptors (Lipinski definition) is 5. The Morgan fingerprint density at radius 1 is 1.62 bits per heavy atom. The van der Waals surface area contributed by atoms with Crippen LogP contribution in [0.2, 0.25) is 0 Å². The van der Waals surface area contributed by atoms with Crippen LogP contribution in [0.3, 0.4) is 0 Å². The van der Waals surface area contributed by atoms with E-state index in [0.29, 0.717) is 6.04 Å². The highest BCUT2D eigenvalue weighted by Crippen LogP contribution is 2.11. The zero-order chi connectivity index (χ0) is 11.2. The molecule has 0 bridgehead atoms. The van der Waals surface area contributed by atoms with Crippen LogP contribution in [0.1, 0.15) is 16.3 Å². The van der Waals surface area contributed by atoms with Gasteiger partial charge in [0.05, 0.1) is 5.01 Å². The summed E-state index contributed by atoms with van der Waals surface area (Å²) in [5.41, 5.74) is 0. The average molecular weight is 257 g/mol. The number of nitrogens with zero attached hydrogens (tertiary/aromatic N) is 1. The summed E-state index contributed by atoms with van der Waals surface area (Å²) in [6, 6.07) is 0.703. The molecule has 3 nitrogen and oxygen atoms in total. The summed E-state index contributed by atoms with van der Waals surface area (Å²) < 4.78 is 0. The summed E-state index contributed by atoms with van der Waals surface area (Å²) in [7, 11) is 0. The van der Waals surface area contributed by atoms with Gasteiger partial charge in [0.2, 0.25) is 0 Å². The van der Waals surface area contributed by atoms with Crippen LogP contribution in [0.5, 0.6) is 0 Å². The van der Waals surface area contributed by atoms with E-state index in [0.717, 1.165) is 18.1 Å². The van der Waals surface area contributed by atoms with Gasteiger partial charge in [0.15, 0.2) is 0 Å². The van der Waals surface area contributed by atoms with E-state index in [1.807, 2.05) is 6.20 Å². The number of nitrogens with one attached hydrogen (secondary N) is 2. The van der Waals surface area contributed by atoms with Crippen molar-refractivity contribution in [2.24, 2.45) is 0 Å². The smallest absolute Gasteiger partial charge is 0.0897 e. The number of aryl methyl sites for hydroxylation is 1. The summed E-state index contributed by atoms with van der Waals surface area (Å²) in [6.07, 6.45) is 3.20. The fraction of sp³-hybridized carbons (Fsp3) is 0.727. The summed E-state index contributed by atoms with van der Waals surface area (Å²) >= 11 is 3.84. The van der Waals surface area contributed by atoms with Gasteiger partial charge < -0.3 is 10.6 Å². The van der Waals surface area contributed by atoms with E-state index in [1.54, 1.807) is 11.3 Å². The maximum Gasteiger partial charge on any atom is 0.0897 e. The van der Waals surface area contributed by atoms with Crippen molar-refractivity contribution in [3.63, 3.8) is 0 Å². The first-order valence-electron chi connectivity index (χ1n) is 5.78. The molecular weight excluding hydrogens is 238 g/mol. The van der Waals surface area contributed by atoms with Gasteiger partial charge in [0, 0.05) is 41.7 Å². The highest BCUT2D eigenvalue weighted by molar-refractivity contribution is 7.99. The molecule has 2 heterocycles. The molecule has 2 rings (SSSR count). The zero-order valence-electron chi connectivity index (χ0n) is 9.66. The van der Waals surface area contributed by atoms with Crippen molar-refractivity contribution in [1.82, 2.24) is 15.6 Å². The summed E-state index contributed by atoms with van der Waals surface area (Å²) in [4.78, 5) is 5.58. The second-order valence-electron chi connectivity index (χ2n) is 4.04. The molecule has 1 aliphatic heterocycles. The molecule has 0 amide bonds. The van der Waals surface area contributed by atoms with Crippen LogP contribution in [0.4, 0.5) is 0 Å². The molecule has 1 aromatic rings. The van der Waals surface area contributed by atoms with Gasteiger partial charge in [0.1, 0.15) is 0 Å². The molecule has 90 valence electrons. The lowest BCUT2D eigenvalue weighted by Gasteiger charge is -2.23. The maximum absolute atomic E-state index is 4.25. The molecule has 0 aliphatic carbocycles. The second kappa shape index (κ2) is 6.59. The first-order valence-corrected chi connectivity index (χ1v) is 7.75. The van der Waals surface area contributed by atoms with Gasteiger partial charge in [-0.05, 0) is 19.9 Å². The van der Waals surface area contributed by atoms with Crippen LogP contribution in [-0.4, -0.2) is 35.6 Å². The highest BCUT2D eigenvalue weighted by atomic mass is 32.2. The molecular formula is C11H19N3S2. The lowest BCUT2D eigenvalue weighted by Crippen LogP contribution is -2.39. The third-order valence-electron chi connectivity index (χ3n) is 2.64. The van der Waals surface area contributed by atoms with E-state index in [2.05, 4.69) is 34.3 Å². The Kier molecular flexibility index (Phi) is 5.09. The standard InChI is InChI=1S/C11H19N3S2/c1-9-14-7-11(16-9)6-12-3-2-10-8-15-5-4-13-10/h7,10,12-13H,2-6,8H2,1H3. The molecule has 0 aromatic carbocycles. The van der Waals surface area contributed by atoms with Gasteiger partial charge in [-0.25, -0.2) is 4.98 Å². The van der Waals surface area contributed by atoms with Crippen LogP contribution in [-0.2, 0) is 6.54 Å². The average Bonchev–Trinajstić information content (AvgIpc) is 2.72. The number of hydrogen-bond donors (Lipinski definition) is 2. The minimum Gasteiger partial charge on any atom is -0.312 e. The van der Waals surface area contributed by atoms with Crippen molar-refractivity contribution in [3.05, 3.63) is 16.1 Å². The van der Waals surface area contributed by atoms with Crippen molar-refractivity contribution in [2.45, 2.75) is 25.9 Å². The Hall–Kier alpha value is -0.100. The van der Waals surface area contributed by atoms with E-state index in [1.165, 1.54) is 29.3 Å². The van der Waals surface area contributed by atoms with E-state index in [9.17, 15) is 0 Å². The highest BCUT2D eigenvalue weighted by Gasteiger charge is 2.11. The van der Waals surface area contributed by atoms with E-state index >= 15 is 0 Å². The zero-order valence-corrected chi connectivity index (χ0v) is 11.3. The van der Waals surface area contributed by atoms with E-state index in [4.69, 9.17) is 0 Å². The van der Waals surface area contributed by atoms with E-state index in [-0.39, 0.29) is 0 Å². The third-order valence-corrected chi connectivity index (χ3v) is 4.68.